The maximum Gasteiger partial charge on any atom is 0.222 e. The van der Waals surface area contributed by atoms with Crippen LogP contribution in [-0.4, -0.2) is 34.1 Å². The number of phenols is 1. The predicted molar refractivity (Wildman–Crippen MR) is 99.4 cm³/mol. The lowest BCUT2D eigenvalue weighted by Crippen LogP contribution is -2.42. The number of benzene rings is 1. The summed E-state index contributed by atoms with van der Waals surface area (Å²) in [6.07, 6.45) is 1.62. The number of carbonyl (C=O) groups is 1. The fourth-order valence-electron chi connectivity index (χ4n) is 3.07. The summed E-state index contributed by atoms with van der Waals surface area (Å²) in [6, 6.07) is 6.72. The molecule has 7 nitrogen and oxygen atoms in total. The number of aromatic hydroxyl groups is 1. The van der Waals surface area contributed by atoms with Crippen molar-refractivity contribution in [2.45, 2.75) is 19.8 Å². The Morgan fingerprint density at radius 2 is 2.15 bits per heavy atom. The molecule has 0 spiro atoms. The highest BCUT2D eigenvalue weighted by atomic mass is 16.3. The maximum atomic E-state index is 11.6. The number of aryl methyl sites for hydroxylation is 1. The number of amides is 1. The van der Waals surface area contributed by atoms with Crippen molar-refractivity contribution in [3.8, 4) is 17.6 Å². The minimum atomic E-state index is -0.305. The van der Waals surface area contributed by atoms with Crippen LogP contribution in [0.2, 0.25) is 0 Å². The average molecular weight is 351 g/mol. The van der Waals surface area contributed by atoms with Crippen molar-refractivity contribution in [2.24, 2.45) is 11.7 Å². The maximum absolute atomic E-state index is 11.6. The molecule has 2 aromatic rings. The molecule has 1 aromatic heterocycles. The summed E-state index contributed by atoms with van der Waals surface area (Å²) in [4.78, 5) is 22.2. The Kier molecular flexibility index (Phi) is 4.94. The van der Waals surface area contributed by atoms with Crippen LogP contribution in [0.25, 0.3) is 0 Å². The zero-order chi connectivity index (χ0) is 18.7. The molecule has 134 valence electrons. The Morgan fingerprint density at radius 1 is 1.35 bits per heavy atom. The monoisotopic (exact) mass is 351 g/mol. The zero-order valence-electron chi connectivity index (χ0n) is 14.6. The topological polar surface area (TPSA) is 118 Å². The number of anilines is 2. The van der Waals surface area contributed by atoms with Gasteiger partial charge in [0.25, 0.3) is 0 Å². The number of hydrogen-bond donors (Lipinski definition) is 3. The molecule has 0 aliphatic carbocycles. The Morgan fingerprint density at radius 3 is 2.88 bits per heavy atom. The number of carbonyl (C=O) groups excluding carboxylic acids is 1. The van der Waals surface area contributed by atoms with Gasteiger partial charge in [-0.25, -0.2) is 4.98 Å². The number of piperidine rings is 1. The van der Waals surface area contributed by atoms with Crippen LogP contribution < -0.4 is 16.4 Å². The van der Waals surface area contributed by atoms with Crippen molar-refractivity contribution in [2.75, 3.05) is 23.7 Å². The summed E-state index contributed by atoms with van der Waals surface area (Å²) in [5.41, 5.74) is 13.3. The number of primary amides is 1. The van der Waals surface area contributed by atoms with Gasteiger partial charge in [0.1, 0.15) is 11.6 Å². The van der Waals surface area contributed by atoms with E-state index in [1.807, 2.05) is 17.9 Å². The summed E-state index contributed by atoms with van der Waals surface area (Å²) < 4.78 is 0. The molecule has 1 atom stereocenters. The largest absolute Gasteiger partial charge is 0.508 e. The molecule has 1 aromatic carbocycles. The van der Waals surface area contributed by atoms with Gasteiger partial charge < -0.3 is 21.5 Å². The van der Waals surface area contributed by atoms with Crippen molar-refractivity contribution in [1.29, 1.82) is 0 Å². The van der Waals surface area contributed by atoms with Gasteiger partial charge in [-0.2, -0.15) is 4.98 Å². The normalized spacial score (nSPS) is 16.7. The van der Waals surface area contributed by atoms with E-state index in [1.54, 1.807) is 18.2 Å². The summed E-state index contributed by atoms with van der Waals surface area (Å²) in [6.45, 7) is 3.07. The van der Waals surface area contributed by atoms with Crippen molar-refractivity contribution < 1.29 is 9.90 Å². The molecule has 1 aliphatic heterocycles. The smallest absolute Gasteiger partial charge is 0.222 e. The first kappa shape index (κ1) is 17.5. The van der Waals surface area contributed by atoms with E-state index in [-0.39, 0.29) is 23.5 Å². The van der Waals surface area contributed by atoms with Crippen LogP contribution in [0, 0.1) is 24.7 Å². The Bertz CT molecular complexity index is 901. The van der Waals surface area contributed by atoms with Gasteiger partial charge in [-0.3, -0.25) is 4.79 Å². The number of phenolic OH excluding ortho intramolecular Hbond substituents is 1. The van der Waals surface area contributed by atoms with Crippen LogP contribution in [0.5, 0.6) is 5.75 Å². The molecule has 2 heterocycles. The lowest BCUT2D eigenvalue weighted by molar-refractivity contribution is -0.122. The second-order valence-electron chi connectivity index (χ2n) is 6.35. The first-order valence-corrected chi connectivity index (χ1v) is 8.43. The molecule has 1 amide bonds. The quantitative estimate of drug-likeness (QED) is 0.699. The molecule has 0 radical (unpaired) electrons. The van der Waals surface area contributed by atoms with Gasteiger partial charge in [-0.1, -0.05) is 17.9 Å². The Labute approximate surface area is 152 Å². The van der Waals surface area contributed by atoms with E-state index < -0.39 is 0 Å². The number of nitrogens with two attached hydrogens (primary N) is 2. The van der Waals surface area contributed by atoms with E-state index in [0.717, 1.165) is 19.4 Å². The highest BCUT2D eigenvalue weighted by Gasteiger charge is 2.27. The molecule has 7 heteroatoms. The van der Waals surface area contributed by atoms with Gasteiger partial charge in [-0.15, -0.1) is 0 Å². The van der Waals surface area contributed by atoms with Gasteiger partial charge in [0.05, 0.1) is 17.2 Å². The van der Waals surface area contributed by atoms with Gasteiger partial charge in [-0.05, 0) is 38.0 Å². The van der Waals surface area contributed by atoms with E-state index in [1.165, 1.54) is 0 Å². The van der Waals surface area contributed by atoms with Gasteiger partial charge >= 0.3 is 0 Å². The van der Waals surface area contributed by atoms with Gasteiger partial charge in [0.15, 0.2) is 0 Å². The molecular weight excluding hydrogens is 330 g/mol. The highest BCUT2D eigenvalue weighted by molar-refractivity contribution is 5.77. The van der Waals surface area contributed by atoms with E-state index >= 15 is 0 Å². The molecule has 26 heavy (non-hydrogen) atoms. The minimum Gasteiger partial charge on any atom is -0.508 e. The zero-order valence-corrected chi connectivity index (χ0v) is 14.6. The molecule has 1 fully saturated rings. The average Bonchev–Trinajstić information content (AvgIpc) is 2.60. The third-order valence-electron chi connectivity index (χ3n) is 4.39. The van der Waals surface area contributed by atoms with Crippen LogP contribution in [0.4, 0.5) is 11.8 Å². The molecule has 1 aliphatic rings. The molecule has 1 saturated heterocycles. The highest BCUT2D eigenvalue weighted by Crippen LogP contribution is 2.26. The van der Waals surface area contributed by atoms with Crippen LogP contribution >= 0.6 is 0 Å². The summed E-state index contributed by atoms with van der Waals surface area (Å²) >= 11 is 0. The van der Waals surface area contributed by atoms with Crippen molar-refractivity contribution in [1.82, 2.24) is 9.97 Å². The standard InChI is InChI=1S/C19H21N5O2/c1-12-16(8-7-13-4-2-6-15(25)10-13)18(23-19(21)22-12)24-9-3-5-14(11-24)17(20)26/h2,4,6,10,14,25H,3,5,9,11H2,1H3,(H2,20,26)(H2,21,22,23). The van der Waals surface area contributed by atoms with Gasteiger partial charge in [0, 0.05) is 18.7 Å². The SMILES string of the molecule is Cc1nc(N)nc(N2CCCC(C(N)=O)C2)c1C#Cc1cccc(O)c1. The molecule has 1 unspecified atom stereocenters. The van der Waals surface area contributed by atoms with E-state index in [2.05, 4.69) is 21.8 Å². The second-order valence-corrected chi connectivity index (χ2v) is 6.35. The van der Waals surface area contributed by atoms with Crippen LogP contribution in [-0.2, 0) is 4.79 Å². The predicted octanol–water partition coefficient (Wildman–Crippen LogP) is 1.17. The lowest BCUT2D eigenvalue weighted by Gasteiger charge is -2.32. The molecule has 0 saturated carbocycles. The fourth-order valence-corrected chi connectivity index (χ4v) is 3.07. The summed E-state index contributed by atoms with van der Waals surface area (Å²) in [7, 11) is 0. The van der Waals surface area contributed by atoms with E-state index in [0.29, 0.717) is 29.2 Å². The summed E-state index contributed by atoms with van der Waals surface area (Å²) in [5.74, 6) is 6.54. The lowest BCUT2D eigenvalue weighted by atomic mass is 9.97. The van der Waals surface area contributed by atoms with Crippen LogP contribution in [0.15, 0.2) is 24.3 Å². The van der Waals surface area contributed by atoms with Crippen molar-refractivity contribution in [3.05, 3.63) is 41.1 Å². The third kappa shape index (κ3) is 3.86. The van der Waals surface area contributed by atoms with Gasteiger partial charge in [0.2, 0.25) is 11.9 Å². The Hall–Kier alpha value is -3.27. The number of nitrogens with zero attached hydrogens (tertiary/aromatic N) is 3. The Balaban J connectivity index is 1.99. The van der Waals surface area contributed by atoms with Crippen LogP contribution in [0.3, 0.4) is 0 Å². The first-order valence-electron chi connectivity index (χ1n) is 8.43. The van der Waals surface area contributed by atoms with Crippen LogP contribution in [0.1, 0.15) is 29.7 Å². The van der Waals surface area contributed by atoms with E-state index in [9.17, 15) is 9.90 Å². The summed E-state index contributed by atoms with van der Waals surface area (Å²) in [5, 5.41) is 9.58. The minimum absolute atomic E-state index is 0.155. The van der Waals surface area contributed by atoms with Crippen molar-refractivity contribution >= 4 is 17.7 Å². The number of nitrogen functional groups attached to an aromatic ring is 1. The van der Waals surface area contributed by atoms with E-state index in [4.69, 9.17) is 11.5 Å². The molecule has 5 N–H and O–H groups in total. The number of rotatable bonds is 2. The molecule has 0 bridgehead atoms. The molecular formula is C19H21N5O2. The second kappa shape index (κ2) is 7.31. The fraction of sp³-hybridized carbons (Fsp3) is 0.316. The molecule has 3 rings (SSSR count). The first-order chi connectivity index (χ1) is 12.4. The third-order valence-corrected chi connectivity index (χ3v) is 4.39. The van der Waals surface area contributed by atoms with Crippen molar-refractivity contribution in [3.63, 3.8) is 0 Å². The number of hydrogen-bond acceptors (Lipinski definition) is 6. The number of aromatic nitrogens is 2.